The van der Waals surface area contributed by atoms with Crippen LogP contribution in [0.2, 0.25) is 0 Å². The minimum atomic E-state index is -0.495. The van der Waals surface area contributed by atoms with E-state index in [1.165, 1.54) is 30.4 Å². The molecule has 0 aliphatic heterocycles. The number of nitrogens with zero attached hydrogens (tertiary/aromatic N) is 1. The molecule has 0 aliphatic carbocycles. The number of hydrogen-bond acceptors (Lipinski definition) is 7. The maximum atomic E-state index is 12.9. The Kier molecular flexibility index (Phi) is 6.46. The number of fused-ring (bicyclic) bond motifs is 1. The number of carbonyl (C=O) groups is 1. The van der Waals surface area contributed by atoms with Gasteiger partial charge in [-0.15, -0.1) is 0 Å². The van der Waals surface area contributed by atoms with Crippen LogP contribution in [0.3, 0.4) is 0 Å². The summed E-state index contributed by atoms with van der Waals surface area (Å²) in [5.74, 6) is 0.470. The Morgan fingerprint density at radius 3 is 2.64 bits per heavy atom. The number of thioether (sulfide) groups is 1. The summed E-state index contributed by atoms with van der Waals surface area (Å²) in [6.07, 6.45) is 6.10. The number of amidine groups is 1. The summed E-state index contributed by atoms with van der Waals surface area (Å²) in [4.78, 5) is 26.8. The molecule has 8 heteroatoms. The third kappa shape index (κ3) is 4.61. The number of furan rings is 1. The number of methoxy groups -OCH3 is 1. The SMILES string of the molecule is COc1cc(N(C(=N)SC)C(=O)C=Cc2ccco2)ccc1-c1cc2ccccc2oc1=O. The van der Waals surface area contributed by atoms with Crippen molar-refractivity contribution in [1.29, 1.82) is 5.41 Å². The van der Waals surface area contributed by atoms with Gasteiger partial charge in [0.15, 0.2) is 5.17 Å². The molecule has 0 saturated heterocycles. The highest BCUT2D eigenvalue weighted by atomic mass is 32.2. The lowest BCUT2D eigenvalue weighted by molar-refractivity contribution is -0.113. The van der Waals surface area contributed by atoms with Gasteiger partial charge in [-0.25, -0.2) is 4.79 Å². The van der Waals surface area contributed by atoms with Crippen molar-refractivity contribution in [3.63, 3.8) is 0 Å². The van der Waals surface area contributed by atoms with Gasteiger partial charge >= 0.3 is 5.63 Å². The number of amides is 1. The van der Waals surface area contributed by atoms with Gasteiger partial charge in [0.05, 0.1) is 24.6 Å². The predicted octanol–water partition coefficient (Wildman–Crippen LogP) is 5.41. The third-order valence-corrected chi connectivity index (χ3v) is 5.49. The normalized spacial score (nSPS) is 11.1. The minimum absolute atomic E-state index is 0.0316. The smallest absolute Gasteiger partial charge is 0.344 e. The van der Waals surface area contributed by atoms with Gasteiger partial charge in [0.2, 0.25) is 0 Å². The van der Waals surface area contributed by atoms with E-state index in [0.717, 1.165) is 17.1 Å². The van der Waals surface area contributed by atoms with Crippen LogP contribution in [-0.2, 0) is 4.79 Å². The molecule has 4 rings (SSSR count). The van der Waals surface area contributed by atoms with Crippen LogP contribution in [0, 0.1) is 5.41 Å². The minimum Gasteiger partial charge on any atom is -0.496 e. The van der Waals surface area contributed by atoms with E-state index in [2.05, 4.69) is 0 Å². The molecule has 4 aromatic rings. The highest BCUT2D eigenvalue weighted by molar-refractivity contribution is 8.13. The van der Waals surface area contributed by atoms with Gasteiger partial charge in [0, 0.05) is 23.1 Å². The van der Waals surface area contributed by atoms with Gasteiger partial charge in [-0.2, -0.15) is 0 Å². The van der Waals surface area contributed by atoms with Crippen LogP contribution in [0.1, 0.15) is 5.76 Å². The van der Waals surface area contributed by atoms with Crippen molar-refractivity contribution in [2.75, 3.05) is 18.3 Å². The third-order valence-electron chi connectivity index (χ3n) is 4.93. The first kappa shape index (κ1) is 22.2. The van der Waals surface area contributed by atoms with Crippen LogP contribution >= 0.6 is 11.8 Å². The fourth-order valence-corrected chi connectivity index (χ4v) is 3.72. The Morgan fingerprint density at radius 2 is 1.91 bits per heavy atom. The van der Waals surface area contributed by atoms with Crippen LogP contribution in [-0.4, -0.2) is 24.4 Å². The van der Waals surface area contributed by atoms with Gasteiger partial charge < -0.3 is 13.6 Å². The number of benzene rings is 2. The summed E-state index contributed by atoms with van der Waals surface area (Å²) >= 11 is 1.12. The molecule has 0 spiro atoms. The molecular formula is C25H20N2O5S. The van der Waals surface area contributed by atoms with Crippen molar-refractivity contribution < 1.29 is 18.4 Å². The van der Waals surface area contributed by atoms with Crippen molar-refractivity contribution in [2.24, 2.45) is 0 Å². The zero-order valence-electron chi connectivity index (χ0n) is 17.9. The Balaban J connectivity index is 1.75. The standard InChI is InChI=1S/C25H20N2O5S/c1-30-22-15-17(27(25(26)33-2)23(28)12-10-18-7-5-13-31-18)9-11-19(22)20-14-16-6-3-4-8-21(16)32-24(20)29/h3-15,26H,1-2H3. The van der Waals surface area contributed by atoms with Crippen molar-refractivity contribution in [3.8, 4) is 16.9 Å². The molecule has 0 atom stereocenters. The van der Waals surface area contributed by atoms with Crippen molar-refractivity contribution in [1.82, 2.24) is 0 Å². The predicted molar refractivity (Wildman–Crippen MR) is 131 cm³/mol. The van der Waals surface area contributed by atoms with E-state index in [9.17, 15) is 9.59 Å². The average Bonchev–Trinajstić information content (AvgIpc) is 3.36. The number of hydrogen-bond donors (Lipinski definition) is 1. The second kappa shape index (κ2) is 9.62. The van der Waals surface area contributed by atoms with E-state index >= 15 is 0 Å². The highest BCUT2D eigenvalue weighted by Gasteiger charge is 2.21. The highest BCUT2D eigenvalue weighted by Crippen LogP contribution is 2.34. The van der Waals surface area contributed by atoms with E-state index < -0.39 is 11.5 Å². The molecule has 2 heterocycles. The number of para-hydroxylation sites is 1. The molecule has 0 fully saturated rings. The number of nitrogens with one attached hydrogen (secondary N) is 1. The molecule has 166 valence electrons. The summed E-state index contributed by atoms with van der Waals surface area (Å²) in [6, 6.07) is 17.4. The van der Waals surface area contributed by atoms with E-state index in [-0.39, 0.29) is 5.17 Å². The first-order valence-corrected chi connectivity index (χ1v) is 11.1. The fraction of sp³-hybridized carbons (Fsp3) is 0.0800. The van der Waals surface area contributed by atoms with E-state index in [1.54, 1.807) is 54.8 Å². The molecular weight excluding hydrogens is 440 g/mol. The van der Waals surface area contributed by atoms with Gasteiger partial charge in [-0.05, 0) is 48.7 Å². The largest absolute Gasteiger partial charge is 0.496 e. The van der Waals surface area contributed by atoms with Crippen LogP contribution in [0.4, 0.5) is 5.69 Å². The Bertz CT molecular complexity index is 1410. The number of anilines is 1. The topological polar surface area (TPSA) is 96.7 Å². The second-order valence-electron chi connectivity index (χ2n) is 6.90. The number of carbonyl (C=O) groups excluding carboxylic acids is 1. The molecule has 1 N–H and O–H groups in total. The Hall–Kier alpha value is -4.04. The van der Waals surface area contributed by atoms with Crippen LogP contribution in [0.25, 0.3) is 28.2 Å². The van der Waals surface area contributed by atoms with Gasteiger partial charge in [-0.3, -0.25) is 15.1 Å². The Morgan fingerprint density at radius 1 is 1.09 bits per heavy atom. The molecule has 0 saturated carbocycles. The maximum absolute atomic E-state index is 12.9. The molecule has 2 aromatic heterocycles. The van der Waals surface area contributed by atoms with Gasteiger partial charge in [-0.1, -0.05) is 30.0 Å². The number of rotatable bonds is 5. The monoisotopic (exact) mass is 460 g/mol. The van der Waals surface area contributed by atoms with Crippen LogP contribution < -0.4 is 15.3 Å². The van der Waals surface area contributed by atoms with Crippen molar-refractivity contribution in [3.05, 3.63) is 89.2 Å². The molecule has 33 heavy (non-hydrogen) atoms. The summed E-state index contributed by atoms with van der Waals surface area (Å²) < 4.78 is 16.2. The van der Waals surface area contributed by atoms with Crippen LogP contribution in [0.15, 0.2) is 86.6 Å². The summed E-state index contributed by atoms with van der Waals surface area (Å²) in [7, 11) is 1.48. The lowest BCUT2D eigenvalue weighted by Crippen LogP contribution is -2.33. The van der Waals surface area contributed by atoms with Gasteiger partial charge in [0.1, 0.15) is 17.1 Å². The molecule has 0 unspecified atom stereocenters. The molecule has 0 aliphatic rings. The van der Waals surface area contributed by atoms with Crippen molar-refractivity contribution >= 4 is 45.6 Å². The first-order valence-electron chi connectivity index (χ1n) is 9.91. The van der Waals surface area contributed by atoms with E-state index in [4.69, 9.17) is 19.0 Å². The molecule has 0 radical (unpaired) electrons. The maximum Gasteiger partial charge on any atom is 0.344 e. The first-order chi connectivity index (χ1) is 16.0. The molecule has 1 amide bonds. The summed E-state index contributed by atoms with van der Waals surface area (Å²) in [6.45, 7) is 0. The second-order valence-corrected chi connectivity index (χ2v) is 7.70. The molecule has 7 nitrogen and oxygen atoms in total. The molecule has 2 aromatic carbocycles. The number of ether oxygens (including phenoxy) is 1. The van der Waals surface area contributed by atoms with E-state index in [0.29, 0.717) is 33.9 Å². The van der Waals surface area contributed by atoms with Crippen LogP contribution in [0.5, 0.6) is 5.75 Å². The lowest BCUT2D eigenvalue weighted by atomic mass is 10.0. The summed E-state index contributed by atoms with van der Waals surface area (Å²) in [5.41, 5.74) is 1.29. The lowest BCUT2D eigenvalue weighted by Gasteiger charge is -2.22. The van der Waals surface area contributed by atoms with Gasteiger partial charge in [0.25, 0.3) is 5.91 Å². The van der Waals surface area contributed by atoms with Crippen molar-refractivity contribution in [2.45, 2.75) is 0 Å². The van der Waals surface area contributed by atoms with E-state index in [1.807, 2.05) is 12.1 Å². The summed E-state index contributed by atoms with van der Waals surface area (Å²) in [5, 5.41) is 9.10. The fourth-order valence-electron chi connectivity index (χ4n) is 3.34. The average molecular weight is 461 g/mol. The molecule has 0 bridgehead atoms. The zero-order chi connectivity index (χ0) is 23.4. The zero-order valence-corrected chi connectivity index (χ0v) is 18.7. The quantitative estimate of drug-likeness (QED) is 0.185. The Labute approximate surface area is 193 Å².